The van der Waals surface area contributed by atoms with Gasteiger partial charge in [0.1, 0.15) is 0 Å². The van der Waals surface area contributed by atoms with Gasteiger partial charge in [-0.15, -0.1) is 0 Å². The fourth-order valence-corrected chi connectivity index (χ4v) is 2.78. The molecule has 12 heavy (non-hydrogen) atoms. The Bertz CT molecular complexity index is 270. The lowest BCUT2D eigenvalue weighted by atomic mass is 10.3. The molecule has 1 rings (SSSR count). The molecule has 0 aromatic rings. The fourth-order valence-electron chi connectivity index (χ4n) is 1.10. The van der Waals surface area contributed by atoms with Crippen molar-refractivity contribution in [2.75, 3.05) is 18.1 Å². The van der Waals surface area contributed by atoms with Crippen LogP contribution in [0.1, 0.15) is 6.42 Å². The third-order valence-corrected chi connectivity index (χ3v) is 3.51. The highest BCUT2D eigenvalue weighted by Gasteiger charge is 2.28. The van der Waals surface area contributed by atoms with Crippen LogP contribution in [0.5, 0.6) is 0 Å². The van der Waals surface area contributed by atoms with Gasteiger partial charge in [-0.1, -0.05) is 18.2 Å². The van der Waals surface area contributed by atoms with Crippen LogP contribution in [-0.2, 0) is 14.6 Å². The van der Waals surface area contributed by atoms with Crippen molar-refractivity contribution in [2.24, 2.45) is 0 Å². The Morgan fingerprint density at radius 3 is 2.75 bits per heavy atom. The molecule has 0 aromatic carbocycles. The van der Waals surface area contributed by atoms with E-state index in [9.17, 15) is 8.42 Å². The molecule has 0 unspecified atom stereocenters. The van der Waals surface area contributed by atoms with Gasteiger partial charge in [0, 0.05) is 5.03 Å². The van der Waals surface area contributed by atoms with Crippen molar-refractivity contribution < 1.29 is 13.2 Å². The molecule has 1 fully saturated rings. The Kier molecular flexibility index (Phi) is 3.15. The topological polar surface area (TPSA) is 43.4 Å². The number of hydrogen-bond donors (Lipinski definition) is 0. The van der Waals surface area contributed by atoms with E-state index in [-0.39, 0.29) is 24.2 Å². The maximum atomic E-state index is 11.0. The van der Waals surface area contributed by atoms with Crippen LogP contribution in [0.15, 0.2) is 11.6 Å². The van der Waals surface area contributed by atoms with Crippen molar-refractivity contribution in [2.45, 2.75) is 12.5 Å². The normalized spacial score (nSPS) is 27.2. The zero-order valence-corrected chi connectivity index (χ0v) is 8.20. The molecule has 5 heteroatoms. The van der Waals surface area contributed by atoms with Gasteiger partial charge < -0.3 is 4.74 Å². The zero-order chi connectivity index (χ0) is 9.19. The first-order chi connectivity index (χ1) is 5.49. The molecule has 1 aliphatic rings. The van der Waals surface area contributed by atoms with Gasteiger partial charge in [0.15, 0.2) is 9.84 Å². The summed E-state index contributed by atoms with van der Waals surface area (Å²) in [5.41, 5.74) is 0. The summed E-state index contributed by atoms with van der Waals surface area (Å²) in [6, 6.07) is 0. The third kappa shape index (κ3) is 3.13. The summed E-state index contributed by atoms with van der Waals surface area (Å²) in [5, 5.41) is 0.402. The second-order valence-electron chi connectivity index (χ2n) is 2.85. The third-order valence-electron chi connectivity index (χ3n) is 1.67. The summed E-state index contributed by atoms with van der Waals surface area (Å²) in [5.74, 6) is 0.351. The summed E-state index contributed by atoms with van der Waals surface area (Å²) in [7, 11) is -2.84. The Balaban J connectivity index is 2.34. The Morgan fingerprint density at radius 1 is 1.67 bits per heavy atom. The Labute approximate surface area is 77.3 Å². The first kappa shape index (κ1) is 10.0. The average molecular weight is 211 g/mol. The number of hydrogen-bond acceptors (Lipinski definition) is 3. The molecule has 0 aromatic heterocycles. The summed E-state index contributed by atoms with van der Waals surface area (Å²) in [6.07, 6.45) is 0.387. The summed E-state index contributed by atoms with van der Waals surface area (Å²) >= 11 is 5.46. The number of rotatable bonds is 3. The van der Waals surface area contributed by atoms with Crippen molar-refractivity contribution in [3.63, 3.8) is 0 Å². The predicted octanol–water partition coefficient (Wildman–Crippen LogP) is 0.943. The minimum atomic E-state index is -2.84. The molecule has 0 spiro atoms. The molecule has 0 radical (unpaired) electrons. The summed E-state index contributed by atoms with van der Waals surface area (Å²) in [6.45, 7) is 3.68. The largest absolute Gasteiger partial charge is 0.372 e. The van der Waals surface area contributed by atoms with E-state index in [0.717, 1.165) is 0 Å². The molecule has 0 aliphatic carbocycles. The van der Waals surface area contributed by atoms with E-state index >= 15 is 0 Å². The first-order valence-electron chi connectivity index (χ1n) is 3.65. The smallest absolute Gasteiger partial charge is 0.152 e. The molecule has 1 saturated heterocycles. The summed E-state index contributed by atoms with van der Waals surface area (Å²) in [4.78, 5) is 0. The van der Waals surface area contributed by atoms with Crippen LogP contribution < -0.4 is 0 Å². The molecular weight excluding hydrogens is 200 g/mol. The first-order valence-corrected chi connectivity index (χ1v) is 5.85. The van der Waals surface area contributed by atoms with Gasteiger partial charge in [0.25, 0.3) is 0 Å². The molecule has 1 aliphatic heterocycles. The van der Waals surface area contributed by atoms with E-state index in [0.29, 0.717) is 11.5 Å². The van der Waals surface area contributed by atoms with E-state index < -0.39 is 9.84 Å². The molecule has 1 heterocycles. The average Bonchev–Trinajstić information content (AvgIpc) is 2.26. The van der Waals surface area contributed by atoms with Crippen LogP contribution in [0.4, 0.5) is 0 Å². The molecule has 0 N–H and O–H groups in total. The highest BCUT2D eigenvalue weighted by molar-refractivity contribution is 7.91. The molecular formula is C7H11ClO3S. The Morgan fingerprint density at radius 2 is 2.33 bits per heavy atom. The van der Waals surface area contributed by atoms with Gasteiger partial charge in [-0.3, -0.25) is 0 Å². The van der Waals surface area contributed by atoms with E-state index in [2.05, 4.69) is 6.58 Å². The molecule has 70 valence electrons. The SMILES string of the molecule is C=C(Cl)CO[C@@H]1CCS(=O)(=O)C1. The lowest BCUT2D eigenvalue weighted by molar-refractivity contribution is 0.0920. The lowest BCUT2D eigenvalue weighted by Gasteiger charge is -2.07. The molecule has 1 atom stereocenters. The second kappa shape index (κ2) is 3.77. The van der Waals surface area contributed by atoms with Gasteiger partial charge in [-0.25, -0.2) is 8.42 Å². The molecule has 0 amide bonds. The highest BCUT2D eigenvalue weighted by Crippen LogP contribution is 2.15. The van der Waals surface area contributed by atoms with Crippen LogP contribution in [0.25, 0.3) is 0 Å². The summed E-state index contributed by atoms with van der Waals surface area (Å²) < 4.78 is 27.1. The monoisotopic (exact) mass is 210 g/mol. The Hall–Kier alpha value is -0.0600. The van der Waals surface area contributed by atoms with E-state index in [1.165, 1.54) is 0 Å². The fraction of sp³-hybridized carbons (Fsp3) is 0.714. The van der Waals surface area contributed by atoms with Crippen LogP contribution in [0, 0.1) is 0 Å². The van der Waals surface area contributed by atoms with Crippen LogP contribution in [-0.4, -0.2) is 32.6 Å². The van der Waals surface area contributed by atoms with Gasteiger partial charge in [-0.2, -0.15) is 0 Å². The van der Waals surface area contributed by atoms with Crippen LogP contribution in [0.2, 0.25) is 0 Å². The number of halogens is 1. The van der Waals surface area contributed by atoms with Gasteiger partial charge in [0.05, 0.1) is 24.2 Å². The van der Waals surface area contributed by atoms with E-state index in [1.807, 2.05) is 0 Å². The number of sulfone groups is 1. The minimum absolute atomic E-state index is 0.122. The van der Waals surface area contributed by atoms with Gasteiger partial charge in [0.2, 0.25) is 0 Å². The van der Waals surface area contributed by atoms with Gasteiger partial charge >= 0.3 is 0 Å². The maximum Gasteiger partial charge on any atom is 0.152 e. The van der Waals surface area contributed by atoms with Crippen molar-refractivity contribution in [3.8, 4) is 0 Å². The van der Waals surface area contributed by atoms with Crippen molar-refractivity contribution >= 4 is 21.4 Å². The lowest BCUT2D eigenvalue weighted by Crippen LogP contribution is -2.15. The standard InChI is InChI=1S/C7H11ClO3S/c1-6(8)4-11-7-2-3-12(9,10)5-7/h7H,1-5H2/t7-/m1/s1. The maximum absolute atomic E-state index is 11.0. The van der Waals surface area contributed by atoms with Crippen molar-refractivity contribution in [1.82, 2.24) is 0 Å². The number of ether oxygens (including phenoxy) is 1. The quantitative estimate of drug-likeness (QED) is 0.697. The molecule has 0 bridgehead atoms. The van der Waals surface area contributed by atoms with Crippen molar-refractivity contribution in [3.05, 3.63) is 11.6 Å². The minimum Gasteiger partial charge on any atom is -0.372 e. The predicted molar refractivity (Wildman–Crippen MR) is 48.0 cm³/mol. The van der Waals surface area contributed by atoms with Crippen LogP contribution in [0.3, 0.4) is 0 Å². The molecule has 3 nitrogen and oxygen atoms in total. The van der Waals surface area contributed by atoms with Gasteiger partial charge in [-0.05, 0) is 6.42 Å². The van der Waals surface area contributed by atoms with E-state index in [1.54, 1.807) is 0 Å². The van der Waals surface area contributed by atoms with Crippen LogP contribution >= 0.6 is 11.6 Å². The van der Waals surface area contributed by atoms with E-state index in [4.69, 9.17) is 16.3 Å². The highest BCUT2D eigenvalue weighted by atomic mass is 35.5. The second-order valence-corrected chi connectivity index (χ2v) is 5.62. The molecule has 0 saturated carbocycles. The van der Waals surface area contributed by atoms with Crippen molar-refractivity contribution in [1.29, 1.82) is 0 Å². The zero-order valence-electron chi connectivity index (χ0n) is 6.62.